The Bertz CT molecular complexity index is 316. The van der Waals surface area contributed by atoms with Crippen LogP contribution in [0, 0.1) is 0 Å². The van der Waals surface area contributed by atoms with Gasteiger partial charge in [-0.3, -0.25) is 0 Å². The van der Waals surface area contributed by atoms with E-state index in [1.165, 1.54) is 11.1 Å². The van der Waals surface area contributed by atoms with Crippen molar-refractivity contribution in [3.8, 4) is 0 Å². The maximum atomic E-state index is 2.16. The van der Waals surface area contributed by atoms with Crippen LogP contribution in [0.25, 0.3) is 0 Å². The van der Waals surface area contributed by atoms with Crippen molar-refractivity contribution in [3.05, 3.63) is 71.8 Å². The van der Waals surface area contributed by atoms with Crippen molar-refractivity contribution in [2.45, 2.75) is 6.42 Å². The van der Waals surface area contributed by atoms with Gasteiger partial charge >= 0.3 is 51.4 Å². The molecule has 2 aromatic rings. The third-order valence-corrected chi connectivity index (χ3v) is 2.09. The molecule has 0 aliphatic carbocycles. The van der Waals surface area contributed by atoms with Gasteiger partial charge in [-0.15, -0.1) is 0 Å². The Balaban J connectivity index is 0.000000980. The normalized spacial score (nSPS) is 9.14. The fraction of sp³-hybridized carbons (Fsp3) is 0.0769. The summed E-state index contributed by atoms with van der Waals surface area (Å²) >= 11 is 0. The van der Waals surface area contributed by atoms with Crippen LogP contribution in [-0.2, 0) is 6.42 Å². The average molecular weight is 207 g/mol. The fourth-order valence-electron chi connectivity index (χ4n) is 1.43. The van der Waals surface area contributed by atoms with E-state index in [4.69, 9.17) is 0 Å². The first-order chi connectivity index (χ1) is 6.45. The second kappa shape index (κ2) is 6.54. The minimum Gasteiger partial charge on any atom is -0.0622 e. The van der Waals surface area contributed by atoms with Gasteiger partial charge in [-0.25, -0.2) is 0 Å². The summed E-state index contributed by atoms with van der Waals surface area (Å²) in [4.78, 5) is 0. The van der Waals surface area contributed by atoms with Gasteiger partial charge in [0.25, 0.3) is 0 Å². The molecule has 0 atom stereocenters. The maximum Gasteiger partial charge on any atom is 1.00 e. The van der Waals surface area contributed by atoms with Crippen molar-refractivity contribution >= 4 is 0 Å². The van der Waals surface area contributed by atoms with Gasteiger partial charge in [0.15, 0.2) is 0 Å². The van der Waals surface area contributed by atoms with E-state index in [0.29, 0.717) is 0 Å². The summed E-state index contributed by atoms with van der Waals surface area (Å²) < 4.78 is 0. The molecule has 0 spiro atoms. The van der Waals surface area contributed by atoms with Crippen LogP contribution in [0.5, 0.6) is 0 Å². The number of hydrogen-bond donors (Lipinski definition) is 0. The molecule has 0 bridgehead atoms. The van der Waals surface area contributed by atoms with Crippen LogP contribution in [0.15, 0.2) is 60.7 Å². The minimum atomic E-state index is 0. The molecule has 0 aliphatic rings. The molecule has 0 aromatic heterocycles. The van der Waals surface area contributed by atoms with Crippen molar-refractivity contribution in [1.82, 2.24) is 0 Å². The van der Waals surface area contributed by atoms with Gasteiger partial charge in [0.1, 0.15) is 0 Å². The van der Waals surface area contributed by atoms with E-state index in [0.717, 1.165) is 6.42 Å². The maximum absolute atomic E-state index is 2.16. The molecule has 0 aliphatic heterocycles. The van der Waals surface area contributed by atoms with Crippen molar-refractivity contribution in [1.29, 1.82) is 0 Å². The Hall–Kier alpha value is 0.0764. The summed E-state index contributed by atoms with van der Waals surface area (Å²) in [5.74, 6) is 0. The Labute approximate surface area is 128 Å². The molecule has 0 nitrogen and oxygen atoms in total. The molecule has 2 rings (SSSR count). The third kappa shape index (κ3) is 3.68. The zero-order chi connectivity index (χ0) is 8.93. The molecule has 0 fully saturated rings. The summed E-state index contributed by atoms with van der Waals surface area (Å²) in [6.07, 6.45) is 1.03. The zero-order valence-corrected chi connectivity index (χ0v) is 11.6. The smallest absolute Gasteiger partial charge is 0.0622 e. The fourth-order valence-corrected chi connectivity index (χ4v) is 1.43. The molecule has 0 heterocycles. The van der Waals surface area contributed by atoms with Gasteiger partial charge in [0, 0.05) is 0 Å². The Morgan fingerprint density at radius 2 is 0.929 bits per heavy atom. The molecule has 0 saturated carbocycles. The first-order valence-electron chi connectivity index (χ1n) is 4.53. The SMILES string of the molecule is [K+].c1ccc(Cc2ccccc2)cc1. The number of benzene rings is 2. The van der Waals surface area contributed by atoms with Crippen molar-refractivity contribution in [2.75, 3.05) is 0 Å². The first-order valence-corrected chi connectivity index (χ1v) is 4.53. The topological polar surface area (TPSA) is 0 Å². The summed E-state index contributed by atoms with van der Waals surface area (Å²) in [7, 11) is 0. The molecule has 2 aromatic carbocycles. The molecule has 0 amide bonds. The number of hydrogen-bond acceptors (Lipinski definition) is 0. The van der Waals surface area contributed by atoms with Gasteiger partial charge < -0.3 is 0 Å². The quantitative estimate of drug-likeness (QED) is 0.621. The van der Waals surface area contributed by atoms with E-state index in [1.54, 1.807) is 0 Å². The average Bonchev–Trinajstić information content (AvgIpc) is 2.21. The number of rotatable bonds is 2. The van der Waals surface area contributed by atoms with Crippen LogP contribution >= 0.6 is 0 Å². The van der Waals surface area contributed by atoms with Crippen LogP contribution in [-0.4, -0.2) is 0 Å². The molecule has 0 saturated heterocycles. The molecular weight excluding hydrogens is 195 g/mol. The molecule has 1 heteroatoms. The van der Waals surface area contributed by atoms with Crippen LogP contribution in [0.1, 0.15) is 11.1 Å². The van der Waals surface area contributed by atoms with Crippen LogP contribution in [0.2, 0.25) is 0 Å². The van der Waals surface area contributed by atoms with Gasteiger partial charge in [0.2, 0.25) is 0 Å². The molecule has 14 heavy (non-hydrogen) atoms. The van der Waals surface area contributed by atoms with Gasteiger partial charge in [-0.1, -0.05) is 60.7 Å². The predicted molar refractivity (Wildman–Crippen MR) is 55.7 cm³/mol. The van der Waals surface area contributed by atoms with E-state index >= 15 is 0 Å². The summed E-state index contributed by atoms with van der Waals surface area (Å²) in [6, 6.07) is 21.1. The second-order valence-electron chi connectivity index (χ2n) is 3.15. The van der Waals surface area contributed by atoms with E-state index in [-0.39, 0.29) is 51.4 Å². The van der Waals surface area contributed by atoms with Crippen LogP contribution in [0.3, 0.4) is 0 Å². The zero-order valence-electron chi connectivity index (χ0n) is 8.48. The Morgan fingerprint density at radius 3 is 1.29 bits per heavy atom. The largest absolute Gasteiger partial charge is 1.00 e. The summed E-state index contributed by atoms with van der Waals surface area (Å²) in [5, 5.41) is 0. The standard InChI is InChI=1S/C13H12.K/c1-3-7-12(8-4-1)11-13-9-5-2-6-10-13;/h1-10H,11H2;/q;+1. The van der Waals surface area contributed by atoms with E-state index in [1.807, 2.05) is 0 Å². The van der Waals surface area contributed by atoms with Gasteiger partial charge in [-0.2, -0.15) is 0 Å². The van der Waals surface area contributed by atoms with Crippen molar-refractivity contribution in [2.24, 2.45) is 0 Å². The third-order valence-electron chi connectivity index (χ3n) is 2.09. The molecule has 64 valence electrons. The Kier molecular flexibility index (Phi) is 5.67. The van der Waals surface area contributed by atoms with Gasteiger partial charge in [-0.05, 0) is 17.5 Å². The molecule has 0 unspecified atom stereocenters. The monoisotopic (exact) mass is 207 g/mol. The van der Waals surface area contributed by atoms with E-state index < -0.39 is 0 Å². The summed E-state index contributed by atoms with van der Waals surface area (Å²) in [6.45, 7) is 0. The summed E-state index contributed by atoms with van der Waals surface area (Å²) in [5.41, 5.74) is 2.74. The molecule has 0 radical (unpaired) electrons. The van der Waals surface area contributed by atoms with Crippen molar-refractivity contribution < 1.29 is 51.4 Å². The van der Waals surface area contributed by atoms with Crippen LogP contribution < -0.4 is 51.4 Å². The van der Waals surface area contributed by atoms with Crippen molar-refractivity contribution in [3.63, 3.8) is 0 Å². The van der Waals surface area contributed by atoms with Crippen LogP contribution in [0.4, 0.5) is 0 Å². The molecule has 0 N–H and O–H groups in total. The second-order valence-corrected chi connectivity index (χ2v) is 3.15. The van der Waals surface area contributed by atoms with Gasteiger partial charge in [0.05, 0.1) is 0 Å². The predicted octanol–water partition coefficient (Wildman–Crippen LogP) is 0.281. The van der Waals surface area contributed by atoms with E-state index in [9.17, 15) is 0 Å². The molecular formula is C13H12K+. The first kappa shape index (κ1) is 12.1. The Morgan fingerprint density at radius 1 is 0.571 bits per heavy atom. The minimum absolute atomic E-state index is 0. The van der Waals surface area contributed by atoms with E-state index in [2.05, 4.69) is 60.7 Å².